The molecule has 1 amide bonds. The molecule has 0 atom stereocenters. The van der Waals surface area contributed by atoms with Gasteiger partial charge in [0.1, 0.15) is 5.15 Å². The maximum atomic E-state index is 13.3. The fraction of sp³-hybridized carbons (Fsp3) is 0.583. The lowest BCUT2D eigenvalue weighted by Gasteiger charge is -2.40. The first-order valence-electron chi connectivity index (χ1n) is 10.8. The number of pyridine rings is 1. The van der Waals surface area contributed by atoms with Gasteiger partial charge in [-0.2, -0.15) is 0 Å². The monoisotopic (exact) mass is 398 g/mol. The topological polar surface area (TPSA) is 33.2 Å². The van der Waals surface area contributed by atoms with E-state index in [1.165, 1.54) is 24.8 Å². The van der Waals surface area contributed by atoms with E-state index >= 15 is 0 Å². The highest BCUT2D eigenvalue weighted by atomic mass is 35.5. The number of hydrogen-bond donors (Lipinski definition) is 0. The highest BCUT2D eigenvalue weighted by molar-refractivity contribution is 6.30. The number of hydrogen-bond acceptors (Lipinski definition) is 2. The Morgan fingerprint density at radius 1 is 1.11 bits per heavy atom. The molecule has 0 radical (unpaired) electrons. The molecule has 2 fully saturated rings. The van der Waals surface area contributed by atoms with E-state index in [4.69, 9.17) is 16.6 Å². The molecule has 0 saturated heterocycles. The molecule has 0 spiro atoms. The lowest BCUT2D eigenvalue weighted by molar-refractivity contribution is -0.142. The molecule has 0 N–H and O–H groups in total. The van der Waals surface area contributed by atoms with Gasteiger partial charge in [0.2, 0.25) is 5.91 Å². The molecule has 150 valence electrons. The number of rotatable bonds is 4. The first kappa shape index (κ1) is 19.7. The lowest BCUT2D eigenvalue weighted by Crippen LogP contribution is -2.46. The summed E-state index contributed by atoms with van der Waals surface area (Å²) in [6.07, 6.45) is 7.90. The molecule has 0 bridgehead atoms. The number of carbonyl (C=O) groups is 1. The molecule has 28 heavy (non-hydrogen) atoms. The van der Waals surface area contributed by atoms with Crippen molar-refractivity contribution < 1.29 is 4.79 Å². The van der Waals surface area contributed by atoms with Crippen LogP contribution in [0.2, 0.25) is 5.15 Å². The van der Waals surface area contributed by atoms with Gasteiger partial charge in [0, 0.05) is 29.5 Å². The number of aryl methyl sites for hydroxylation is 2. The van der Waals surface area contributed by atoms with Crippen LogP contribution in [0.15, 0.2) is 18.2 Å². The average Bonchev–Trinajstić information content (AvgIpc) is 2.63. The average molecular weight is 399 g/mol. The van der Waals surface area contributed by atoms with Gasteiger partial charge in [0.15, 0.2) is 0 Å². The third kappa shape index (κ3) is 3.78. The van der Waals surface area contributed by atoms with E-state index in [1.807, 2.05) is 0 Å². The van der Waals surface area contributed by atoms with Gasteiger partial charge in [-0.15, -0.1) is 0 Å². The van der Waals surface area contributed by atoms with Gasteiger partial charge in [-0.25, -0.2) is 4.98 Å². The zero-order valence-electron chi connectivity index (χ0n) is 17.3. The summed E-state index contributed by atoms with van der Waals surface area (Å²) in [5.41, 5.74) is 4.29. The number of nitrogens with zero attached hydrogens (tertiary/aromatic N) is 2. The predicted molar refractivity (Wildman–Crippen MR) is 116 cm³/mol. The van der Waals surface area contributed by atoms with Crippen molar-refractivity contribution in [1.29, 1.82) is 0 Å². The summed E-state index contributed by atoms with van der Waals surface area (Å²) in [5, 5.41) is 1.68. The molecule has 1 aromatic carbocycles. The molecule has 2 aliphatic rings. The molecular weight excluding hydrogens is 368 g/mol. The minimum Gasteiger partial charge on any atom is -0.335 e. The standard InChI is InChI=1S/C24H31ClN2O/c1-15-7-11-20(12-8-15)27(24(28)18-5-4-6-18)14-19-13-21-16(2)9-10-17(3)22(21)26-23(19)25/h9-10,13,15,18,20H,4-8,11-12,14H2,1-3H3. The van der Waals surface area contributed by atoms with E-state index in [2.05, 4.69) is 43.9 Å². The van der Waals surface area contributed by atoms with Crippen molar-refractivity contribution >= 4 is 28.4 Å². The third-order valence-corrected chi connectivity index (χ3v) is 7.26. The molecule has 3 nitrogen and oxygen atoms in total. The van der Waals surface area contributed by atoms with Crippen molar-refractivity contribution in [2.24, 2.45) is 11.8 Å². The Labute approximate surface area is 173 Å². The maximum Gasteiger partial charge on any atom is 0.226 e. The second kappa shape index (κ2) is 8.02. The van der Waals surface area contributed by atoms with Gasteiger partial charge in [-0.3, -0.25) is 4.79 Å². The smallest absolute Gasteiger partial charge is 0.226 e. The van der Waals surface area contributed by atoms with Crippen LogP contribution in [0.3, 0.4) is 0 Å². The minimum atomic E-state index is 0.218. The van der Waals surface area contributed by atoms with Crippen molar-refractivity contribution in [3.05, 3.63) is 40.0 Å². The molecule has 4 rings (SSSR count). The van der Waals surface area contributed by atoms with Crippen LogP contribution < -0.4 is 0 Å². The molecular formula is C24H31ClN2O. The highest BCUT2D eigenvalue weighted by Gasteiger charge is 2.34. The quantitative estimate of drug-likeness (QED) is 0.573. The number of carbonyl (C=O) groups excluding carboxylic acids is 1. The summed E-state index contributed by atoms with van der Waals surface area (Å²) in [4.78, 5) is 20.1. The van der Waals surface area contributed by atoms with E-state index in [-0.39, 0.29) is 5.92 Å². The molecule has 2 aliphatic carbocycles. The molecule has 1 heterocycles. The van der Waals surface area contributed by atoms with Crippen LogP contribution in [0.5, 0.6) is 0 Å². The number of benzene rings is 1. The highest BCUT2D eigenvalue weighted by Crippen LogP contribution is 2.35. The molecule has 4 heteroatoms. The van der Waals surface area contributed by atoms with Crippen molar-refractivity contribution in [3.63, 3.8) is 0 Å². The molecule has 0 aliphatic heterocycles. The lowest BCUT2D eigenvalue weighted by atomic mass is 9.82. The number of fused-ring (bicyclic) bond motifs is 1. The first-order chi connectivity index (χ1) is 13.4. The predicted octanol–water partition coefficient (Wildman–Crippen LogP) is 6.21. The Bertz CT molecular complexity index is 882. The van der Waals surface area contributed by atoms with Gasteiger partial charge in [-0.1, -0.05) is 37.1 Å². The van der Waals surface area contributed by atoms with Crippen LogP contribution in [0.4, 0.5) is 0 Å². The molecule has 1 aromatic heterocycles. The number of halogens is 1. The van der Waals surface area contributed by atoms with Gasteiger partial charge in [0.05, 0.1) is 5.52 Å². The van der Waals surface area contributed by atoms with E-state index in [9.17, 15) is 4.79 Å². The minimum absolute atomic E-state index is 0.218. The van der Waals surface area contributed by atoms with E-state index in [0.29, 0.717) is 23.6 Å². The summed E-state index contributed by atoms with van der Waals surface area (Å²) in [6, 6.07) is 6.74. The van der Waals surface area contributed by atoms with E-state index in [1.54, 1.807) is 0 Å². The van der Waals surface area contributed by atoms with Gasteiger partial charge < -0.3 is 4.90 Å². The molecule has 0 unspecified atom stereocenters. The summed E-state index contributed by atoms with van der Waals surface area (Å²) in [6.45, 7) is 7.09. The van der Waals surface area contributed by atoms with Gasteiger partial charge in [0.25, 0.3) is 0 Å². The van der Waals surface area contributed by atoms with Crippen molar-refractivity contribution in [1.82, 2.24) is 9.88 Å². The van der Waals surface area contributed by atoms with Gasteiger partial charge in [-0.05, 0) is 75.5 Å². The summed E-state index contributed by atoms with van der Waals surface area (Å²) in [7, 11) is 0. The maximum absolute atomic E-state index is 13.3. The van der Waals surface area contributed by atoms with Crippen LogP contribution in [0, 0.1) is 25.7 Å². The Morgan fingerprint density at radius 3 is 2.43 bits per heavy atom. The summed E-state index contributed by atoms with van der Waals surface area (Å²) >= 11 is 6.62. The second-order valence-corrected chi connectivity index (χ2v) is 9.40. The zero-order chi connectivity index (χ0) is 19.8. The normalized spacial score (nSPS) is 22.9. The Balaban J connectivity index is 1.66. The van der Waals surface area contributed by atoms with Gasteiger partial charge >= 0.3 is 0 Å². The first-order valence-corrected chi connectivity index (χ1v) is 11.2. The van der Waals surface area contributed by atoms with Crippen molar-refractivity contribution in [2.75, 3.05) is 0 Å². The zero-order valence-corrected chi connectivity index (χ0v) is 18.1. The van der Waals surface area contributed by atoms with Crippen LogP contribution in [-0.2, 0) is 11.3 Å². The SMILES string of the molecule is Cc1ccc(C)c2nc(Cl)c(CN(C(=O)C3CCC3)C3CCC(C)CC3)cc12. The van der Waals surface area contributed by atoms with E-state index in [0.717, 1.165) is 53.6 Å². The van der Waals surface area contributed by atoms with E-state index < -0.39 is 0 Å². The Hall–Kier alpha value is -1.61. The number of amides is 1. The van der Waals surface area contributed by atoms with Crippen LogP contribution in [0.25, 0.3) is 10.9 Å². The van der Waals surface area contributed by atoms with Crippen LogP contribution >= 0.6 is 11.6 Å². The molecule has 2 saturated carbocycles. The van der Waals surface area contributed by atoms with Crippen LogP contribution in [0.1, 0.15) is 68.6 Å². The van der Waals surface area contributed by atoms with Crippen molar-refractivity contribution in [2.45, 2.75) is 78.3 Å². The fourth-order valence-electron chi connectivity index (χ4n) is 4.68. The second-order valence-electron chi connectivity index (χ2n) is 9.04. The third-order valence-electron chi connectivity index (χ3n) is 6.93. The number of aromatic nitrogens is 1. The Morgan fingerprint density at radius 2 is 1.79 bits per heavy atom. The van der Waals surface area contributed by atoms with Crippen LogP contribution in [-0.4, -0.2) is 21.8 Å². The van der Waals surface area contributed by atoms with Crippen molar-refractivity contribution in [3.8, 4) is 0 Å². The Kier molecular flexibility index (Phi) is 5.64. The largest absolute Gasteiger partial charge is 0.335 e. The fourth-order valence-corrected chi connectivity index (χ4v) is 4.88. The summed E-state index contributed by atoms with van der Waals surface area (Å²) < 4.78 is 0. The summed E-state index contributed by atoms with van der Waals surface area (Å²) in [5.74, 6) is 1.33. The molecule has 2 aromatic rings.